The largest absolute Gasteiger partial charge is 0.353 e. The SMILES string of the molecule is C=C(Nc1ccc(N2CCC(F)(F)C2)nc1)c1n[nH]c2ccc(-c3cccnc3)cc12. The molecule has 6 nitrogen and oxygen atoms in total. The molecule has 156 valence electrons. The van der Waals surface area contributed by atoms with E-state index in [0.717, 1.165) is 22.0 Å². The summed E-state index contributed by atoms with van der Waals surface area (Å²) >= 11 is 0. The maximum atomic E-state index is 13.4. The number of benzene rings is 1. The normalized spacial score (nSPS) is 15.4. The number of halogens is 2. The molecule has 0 amide bonds. The van der Waals surface area contributed by atoms with Crippen LogP contribution >= 0.6 is 0 Å². The highest BCUT2D eigenvalue weighted by atomic mass is 19.3. The van der Waals surface area contributed by atoms with Crippen molar-refractivity contribution >= 4 is 28.1 Å². The molecule has 4 heterocycles. The first-order valence-corrected chi connectivity index (χ1v) is 9.92. The first kappa shape index (κ1) is 19.2. The van der Waals surface area contributed by atoms with Gasteiger partial charge in [0, 0.05) is 36.3 Å². The van der Waals surface area contributed by atoms with Crippen molar-refractivity contribution in [2.24, 2.45) is 0 Å². The van der Waals surface area contributed by atoms with Crippen LogP contribution in [-0.4, -0.2) is 39.2 Å². The van der Waals surface area contributed by atoms with Gasteiger partial charge in [0.1, 0.15) is 11.5 Å². The molecule has 0 spiro atoms. The molecule has 31 heavy (non-hydrogen) atoms. The van der Waals surface area contributed by atoms with Crippen LogP contribution in [0.25, 0.3) is 27.7 Å². The van der Waals surface area contributed by atoms with Gasteiger partial charge in [-0.15, -0.1) is 0 Å². The third-order valence-electron chi connectivity index (χ3n) is 5.38. The molecule has 0 aliphatic carbocycles. The molecular weight excluding hydrogens is 398 g/mol. The second kappa shape index (κ2) is 7.46. The van der Waals surface area contributed by atoms with E-state index in [0.29, 0.717) is 29.4 Å². The summed E-state index contributed by atoms with van der Waals surface area (Å²) in [5, 5.41) is 11.6. The summed E-state index contributed by atoms with van der Waals surface area (Å²) in [7, 11) is 0. The van der Waals surface area contributed by atoms with Crippen molar-refractivity contribution in [3.63, 3.8) is 0 Å². The van der Waals surface area contributed by atoms with Crippen LogP contribution in [0.2, 0.25) is 0 Å². The first-order chi connectivity index (χ1) is 15.0. The maximum Gasteiger partial charge on any atom is 0.266 e. The van der Waals surface area contributed by atoms with Crippen molar-refractivity contribution in [1.29, 1.82) is 0 Å². The molecular formula is C23H20F2N6. The Kier molecular flexibility index (Phi) is 4.62. The highest BCUT2D eigenvalue weighted by molar-refractivity contribution is 5.95. The summed E-state index contributed by atoms with van der Waals surface area (Å²) in [5.74, 6) is -2.11. The standard InChI is InChI=1S/C23H20F2N6/c1-15(28-18-5-7-21(27-13-18)31-10-8-23(24,25)14-31)22-19-11-16(4-6-20(19)29-30-22)17-3-2-9-26-12-17/h2-7,9,11-13,28H,1,8,10,14H2,(H,29,30). The smallest absolute Gasteiger partial charge is 0.266 e. The molecule has 1 aliphatic rings. The van der Waals surface area contributed by atoms with Gasteiger partial charge in [0.2, 0.25) is 0 Å². The molecule has 1 fully saturated rings. The lowest BCUT2D eigenvalue weighted by molar-refractivity contribution is 0.0256. The molecule has 4 aromatic rings. The number of fused-ring (bicyclic) bond motifs is 1. The summed E-state index contributed by atoms with van der Waals surface area (Å²) in [6.07, 6.45) is 5.04. The van der Waals surface area contributed by atoms with Crippen molar-refractivity contribution in [3.05, 3.63) is 73.3 Å². The molecule has 0 radical (unpaired) electrons. The molecule has 0 bridgehead atoms. The van der Waals surface area contributed by atoms with Gasteiger partial charge in [-0.25, -0.2) is 13.8 Å². The number of aromatic nitrogens is 4. The number of hydrogen-bond acceptors (Lipinski definition) is 5. The fraction of sp³-hybridized carbons (Fsp3) is 0.174. The van der Waals surface area contributed by atoms with Gasteiger partial charge in [-0.05, 0) is 35.9 Å². The number of nitrogens with zero attached hydrogens (tertiary/aromatic N) is 4. The van der Waals surface area contributed by atoms with Gasteiger partial charge in [-0.3, -0.25) is 10.1 Å². The maximum absolute atomic E-state index is 13.4. The zero-order valence-corrected chi connectivity index (χ0v) is 16.6. The van der Waals surface area contributed by atoms with E-state index in [1.807, 2.05) is 36.5 Å². The van der Waals surface area contributed by atoms with E-state index < -0.39 is 5.92 Å². The first-order valence-electron chi connectivity index (χ1n) is 9.92. The predicted octanol–water partition coefficient (Wildman–Crippen LogP) is 4.95. The highest BCUT2D eigenvalue weighted by Crippen LogP contribution is 2.31. The lowest BCUT2D eigenvalue weighted by Crippen LogP contribution is -2.25. The number of hydrogen-bond donors (Lipinski definition) is 2. The summed E-state index contributed by atoms with van der Waals surface area (Å²) < 4.78 is 26.9. The Labute approximate surface area is 177 Å². The topological polar surface area (TPSA) is 69.7 Å². The molecule has 1 aliphatic heterocycles. The van der Waals surface area contributed by atoms with Crippen LogP contribution in [0, 0.1) is 0 Å². The fourth-order valence-electron chi connectivity index (χ4n) is 3.77. The van der Waals surface area contributed by atoms with E-state index in [1.54, 1.807) is 29.4 Å². The van der Waals surface area contributed by atoms with Crippen molar-refractivity contribution in [3.8, 4) is 11.1 Å². The molecule has 1 saturated heterocycles. The van der Waals surface area contributed by atoms with E-state index in [4.69, 9.17) is 0 Å². The van der Waals surface area contributed by atoms with E-state index in [2.05, 4.69) is 32.1 Å². The third-order valence-corrected chi connectivity index (χ3v) is 5.38. The molecule has 0 atom stereocenters. The Bertz CT molecular complexity index is 1230. The molecule has 3 aromatic heterocycles. The van der Waals surface area contributed by atoms with Crippen LogP contribution in [-0.2, 0) is 0 Å². The minimum Gasteiger partial charge on any atom is -0.353 e. The number of pyridine rings is 2. The average Bonchev–Trinajstić information content (AvgIpc) is 3.37. The van der Waals surface area contributed by atoms with Crippen molar-refractivity contribution in [1.82, 2.24) is 20.2 Å². The summed E-state index contributed by atoms with van der Waals surface area (Å²) in [5.41, 5.74) is 4.96. The summed E-state index contributed by atoms with van der Waals surface area (Å²) in [6.45, 7) is 4.13. The molecule has 8 heteroatoms. The Balaban J connectivity index is 1.36. The summed E-state index contributed by atoms with van der Waals surface area (Å²) in [4.78, 5) is 10.1. The molecule has 0 saturated carbocycles. The van der Waals surface area contributed by atoms with Crippen LogP contribution in [0.3, 0.4) is 0 Å². The van der Waals surface area contributed by atoms with Crippen molar-refractivity contribution < 1.29 is 8.78 Å². The van der Waals surface area contributed by atoms with Crippen LogP contribution < -0.4 is 10.2 Å². The monoisotopic (exact) mass is 418 g/mol. The number of anilines is 2. The Hall–Kier alpha value is -3.81. The van der Waals surface area contributed by atoms with Gasteiger partial charge in [0.15, 0.2) is 0 Å². The van der Waals surface area contributed by atoms with E-state index >= 15 is 0 Å². The minimum absolute atomic E-state index is 0.140. The van der Waals surface area contributed by atoms with Crippen LogP contribution in [0.4, 0.5) is 20.3 Å². The Morgan fingerprint density at radius 2 is 2.03 bits per heavy atom. The number of H-pyrrole nitrogens is 1. The molecule has 0 unspecified atom stereocenters. The van der Waals surface area contributed by atoms with Gasteiger partial charge in [-0.2, -0.15) is 5.10 Å². The third kappa shape index (κ3) is 3.84. The lowest BCUT2D eigenvalue weighted by Gasteiger charge is -2.17. The van der Waals surface area contributed by atoms with Crippen LogP contribution in [0.1, 0.15) is 12.1 Å². The highest BCUT2D eigenvalue weighted by Gasteiger charge is 2.38. The van der Waals surface area contributed by atoms with Crippen LogP contribution in [0.15, 0.2) is 67.6 Å². The van der Waals surface area contributed by atoms with Gasteiger partial charge in [-0.1, -0.05) is 18.7 Å². The quantitative estimate of drug-likeness (QED) is 0.480. The molecule has 5 rings (SSSR count). The Morgan fingerprint density at radius 3 is 2.74 bits per heavy atom. The number of aromatic amines is 1. The minimum atomic E-state index is -2.65. The number of nitrogens with one attached hydrogen (secondary N) is 2. The van der Waals surface area contributed by atoms with Crippen molar-refractivity contribution in [2.75, 3.05) is 23.3 Å². The van der Waals surface area contributed by atoms with E-state index in [1.165, 1.54) is 0 Å². The predicted molar refractivity (Wildman–Crippen MR) is 118 cm³/mol. The lowest BCUT2D eigenvalue weighted by atomic mass is 10.0. The number of rotatable bonds is 5. The van der Waals surface area contributed by atoms with E-state index in [-0.39, 0.29) is 13.0 Å². The van der Waals surface area contributed by atoms with E-state index in [9.17, 15) is 8.78 Å². The van der Waals surface area contributed by atoms with Gasteiger partial charge in [0.05, 0.1) is 29.6 Å². The zero-order chi connectivity index (χ0) is 21.4. The molecule has 1 aromatic carbocycles. The molecule has 2 N–H and O–H groups in total. The van der Waals surface area contributed by atoms with Crippen LogP contribution in [0.5, 0.6) is 0 Å². The summed E-state index contributed by atoms with van der Waals surface area (Å²) in [6, 6.07) is 13.5. The zero-order valence-electron chi connectivity index (χ0n) is 16.6. The Morgan fingerprint density at radius 1 is 1.13 bits per heavy atom. The number of alkyl halides is 2. The van der Waals surface area contributed by atoms with Crippen molar-refractivity contribution in [2.45, 2.75) is 12.3 Å². The van der Waals surface area contributed by atoms with Gasteiger partial charge >= 0.3 is 0 Å². The van der Waals surface area contributed by atoms with Gasteiger partial charge in [0.25, 0.3) is 5.92 Å². The van der Waals surface area contributed by atoms with Gasteiger partial charge < -0.3 is 10.2 Å². The average molecular weight is 418 g/mol. The second-order valence-electron chi connectivity index (χ2n) is 7.61. The second-order valence-corrected chi connectivity index (χ2v) is 7.61. The fourth-order valence-corrected chi connectivity index (χ4v) is 3.77.